The summed E-state index contributed by atoms with van der Waals surface area (Å²) in [5, 5.41) is 0. The second-order valence-corrected chi connectivity index (χ2v) is 15.3. The van der Waals surface area contributed by atoms with Crippen molar-refractivity contribution in [2.45, 2.75) is 143 Å². The number of carbonyl (C=O) groups is 3. The van der Waals surface area contributed by atoms with Crippen molar-refractivity contribution in [2.75, 3.05) is 0 Å². The zero-order valence-electron chi connectivity index (χ0n) is 25.3. The van der Waals surface area contributed by atoms with Gasteiger partial charge in [0.2, 0.25) is 0 Å². The standard InChI is InChI=1S/C19H32O2.C13H18O5/c1-6-17(2,3)16(20)21-18(4,5)19-10-13-7-14(11-19)9-15(8-13)12-19;1-4-13(2,3)12(15)18-9-7-5-6-8(16-7)10(9)17-11(6)14/h13-15H,6-12H2,1-5H3;6-10H,4-5H2,1-3H3. The van der Waals surface area contributed by atoms with Gasteiger partial charge in [-0.15, -0.1) is 0 Å². The molecule has 0 amide bonds. The Labute approximate surface area is 234 Å². The average molecular weight is 547 g/mol. The van der Waals surface area contributed by atoms with Gasteiger partial charge in [0.05, 0.1) is 22.9 Å². The normalized spacial score (nSPS) is 39.7. The van der Waals surface area contributed by atoms with E-state index in [1.54, 1.807) is 0 Å². The van der Waals surface area contributed by atoms with E-state index < -0.39 is 17.6 Å². The van der Waals surface area contributed by atoms with Crippen molar-refractivity contribution in [3.8, 4) is 0 Å². The van der Waals surface area contributed by atoms with Crippen molar-refractivity contribution in [3.63, 3.8) is 0 Å². The molecule has 5 unspecified atom stereocenters. The number of hydrogen-bond donors (Lipinski definition) is 0. The zero-order valence-corrected chi connectivity index (χ0v) is 25.3. The van der Waals surface area contributed by atoms with Gasteiger partial charge in [0.15, 0.2) is 12.2 Å². The van der Waals surface area contributed by atoms with Crippen molar-refractivity contribution in [3.05, 3.63) is 0 Å². The van der Waals surface area contributed by atoms with Gasteiger partial charge >= 0.3 is 17.9 Å². The molecule has 4 aliphatic carbocycles. The van der Waals surface area contributed by atoms with Gasteiger partial charge in [0.1, 0.15) is 11.7 Å². The summed E-state index contributed by atoms with van der Waals surface area (Å²) in [6.07, 6.45) is 9.13. The highest BCUT2D eigenvalue weighted by atomic mass is 16.7. The molecule has 7 heteroatoms. The Hall–Kier alpha value is -1.63. The second kappa shape index (κ2) is 9.73. The van der Waals surface area contributed by atoms with Crippen LogP contribution in [0.2, 0.25) is 0 Å². The molecule has 220 valence electrons. The minimum absolute atomic E-state index is 0.00857. The summed E-state index contributed by atoms with van der Waals surface area (Å²) in [6.45, 7) is 16.1. The van der Waals surface area contributed by atoms with Crippen molar-refractivity contribution >= 4 is 17.9 Å². The summed E-state index contributed by atoms with van der Waals surface area (Å²) in [6, 6.07) is 0. The van der Waals surface area contributed by atoms with Crippen LogP contribution in [0.25, 0.3) is 0 Å². The number of ether oxygens (including phenoxy) is 4. The van der Waals surface area contributed by atoms with Crippen molar-refractivity contribution in [2.24, 2.45) is 39.9 Å². The van der Waals surface area contributed by atoms with Gasteiger partial charge in [0.25, 0.3) is 0 Å². The van der Waals surface area contributed by atoms with Gasteiger partial charge < -0.3 is 18.9 Å². The molecule has 3 saturated heterocycles. The van der Waals surface area contributed by atoms with Crippen molar-refractivity contribution in [1.82, 2.24) is 0 Å². The summed E-state index contributed by atoms with van der Waals surface area (Å²) in [4.78, 5) is 36.2. The van der Waals surface area contributed by atoms with Crippen LogP contribution in [0.15, 0.2) is 0 Å². The Balaban J connectivity index is 0.000000160. The molecule has 0 spiro atoms. The molecule has 0 aromatic carbocycles. The monoisotopic (exact) mass is 546 g/mol. The van der Waals surface area contributed by atoms with Crippen LogP contribution in [0.1, 0.15) is 113 Å². The van der Waals surface area contributed by atoms with Crippen LogP contribution < -0.4 is 0 Å². The van der Waals surface area contributed by atoms with Crippen LogP contribution in [0.4, 0.5) is 0 Å². The lowest BCUT2D eigenvalue weighted by Crippen LogP contribution is -2.58. The van der Waals surface area contributed by atoms with E-state index in [1.165, 1.54) is 38.5 Å². The number of rotatable bonds is 7. The molecule has 7 rings (SSSR count). The molecule has 0 aromatic heterocycles. The molecular weight excluding hydrogens is 496 g/mol. The Bertz CT molecular complexity index is 959. The molecule has 7 fully saturated rings. The predicted molar refractivity (Wildman–Crippen MR) is 145 cm³/mol. The first kappa shape index (κ1) is 28.9. The molecule has 0 radical (unpaired) electrons. The minimum Gasteiger partial charge on any atom is -0.459 e. The highest BCUT2D eigenvalue weighted by molar-refractivity contribution is 5.79. The fourth-order valence-corrected chi connectivity index (χ4v) is 8.28. The highest BCUT2D eigenvalue weighted by Crippen LogP contribution is 2.64. The average Bonchev–Trinajstić information content (AvgIpc) is 3.48. The van der Waals surface area contributed by atoms with Gasteiger partial charge in [-0.3, -0.25) is 14.4 Å². The first-order valence-corrected chi connectivity index (χ1v) is 15.4. The smallest absolute Gasteiger partial charge is 0.312 e. The number of esters is 3. The molecule has 39 heavy (non-hydrogen) atoms. The molecule has 3 aliphatic heterocycles. The molecule has 7 aliphatic rings. The van der Waals surface area contributed by atoms with E-state index in [-0.39, 0.29) is 52.5 Å². The first-order chi connectivity index (χ1) is 18.1. The Morgan fingerprint density at radius 1 is 0.821 bits per heavy atom. The molecule has 6 bridgehead atoms. The summed E-state index contributed by atoms with van der Waals surface area (Å²) >= 11 is 0. The maximum absolute atomic E-state index is 12.6. The van der Waals surface area contributed by atoms with Crippen LogP contribution in [-0.4, -0.2) is 47.9 Å². The van der Waals surface area contributed by atoms with Crippen LogP contribution in [0, 0.1) is 39.9 Å². The summed E-state index contributed by atoms with van der Waals surface area (Å²) in [5.74, 6) is 2.08. The topological polar surface area (TPSA) is 88.1 Å². The molecule has 3 heterocycles. The lowest BCUT2D eigenvalue weighted by molar-refractivity contribution is -0.206. The van der Waals surface area contributed by atoms with Crippen molar-refractivity contribution in [1.29, 1.82) is 0 Å². The van der Waals surface area contributed by atoms with E-state index in [0.29, 0.717) is 12.8 Å². The fourth-order valence-electron chi connectivity index (χ4n) is 8.28. The Kier molecular flexibility index (Phi) is 7.21. The molecule has 5 atom stereocenters. The highest BCUT2D eigenvalue weighted by Gasteiger charge is 2.65. The molecule has 0 N–H and O–H groups in total. The summed E-state index contributed by atoms with van der Waals surface area (Å²) in [7, 11) is 0. The largest absolute Gasteiger partial charge is 0.459 e. The maximum Gasteiger partial charge on any atom is 0.312 e. The number of fused-ring (bicyclic) bond motifs is 1. The van der Waals surface area contributed by atoms with Crippen LogP contribution in [0.3, 0.4) is 0 Å². The van der Waals surface area contributed by atoms with Gasteiger partial charge in [-0.2, -0.15) is 0 Å². The van der Waals surface area contributed by atoms with E-state index in [4.69, 9.17) is 18.9 Å². The SMILES string of the molecule is CCC(C)(C)C(=O)OC(C)(C)C12CC3CC(CC(C3)C1)C2.CCC(C)(C)C(=O)OC1C2CC3C(=O)OC1C3O2. The maximum atomic E-state index is 12.6. The predicted octanol–water partition coefficient (Wildman–Crippen LogP) is 6.01. The lowest BCUT2D eigenvalue weighted by atomic mass is 9.46. The van der Waals surface area contributed by atoms with Crippen LogP contribution in [0.5, 0.6) is 0 Å². The van der Waals surface area contributed by atoms with Crippen LogP contribution in [-0.2, 0) is 33.3 Å². The molecular formula is C32H50O7. The minimum atomic E-state index is -0.510. The molecule has 4 saturated carbocycles. The van der Waals surface area contributed by atoms with E-state index >= 15 is 0 Å². The third kappa shape index (κ3) is 4.93. The third-order valence-electron chi connectivity index (χ3n) is 11.6. The van der Waals surface area contributed by atoms with Gasteiger partial charge in [0, 0.05) is 5.41 Å². The quantitative estimate of drug-likeness (QED) is 0.285. The fraction of sp³-hybridized carbons (Fsp3) is 0.906. The summed E-state index contributed by atoms with van der Waals surface area (Å²) in [5.41, 5.74) is -0.933. The lowest BCUT2D eigenvalue weighted by Gasteiger charge is -2.61. The number of hydrogen-bond acceptors (Lipinski definition) is 7. The third-order valence-corrected chi connectivity index (χ3v) is 11.6. The first-order valence-electron chi connectivity index (χ1n) is 15.4. The molecule has 7 nitrogen and oxygen atoms in total. The molecule has 0 aromatic rings. The summed E-state index contributed by atoms with van der Waals surface area (Å²) < 4.78 is 22.6. The van der Waals surface area contributed by atoms with E-state index in [9.17, 15) is 14.4 Å². The Morgan fingerprint density at radius 2 is 1.33 bits per heavy atom. The van der Waals surface area contributed by atoms with Gasteiger partial charge in [-0.1, -0.05) is 13.8 Å². The second-order valence-electron chi connectivity index (χ2n) is 15.3. The van der Waals surface area contributed by atoms with E-state index in [0.717, 1.165) is 24.2 Å². The number of carbonyl (C=O) groups excluding carboxylic acids is 3. The zero-order chi connectivity index (χ0) is 28.5. The van der Waals surface area contributed by atoms with Gasteiger partial charge in [-0.25, -0.2) is 0 Å². The van der Waals surface area contributed by atoms with E-state index in [1.807, 2.05) is 34.6 Å². The van der Waals surface area contributed by atoms with Gasteiger partial charge in [-0.05, 0) is 117 Å². The Morgan fingerprint density at radius 3 is 1.85 bits per heavy atom. The van der Waals surface area contributed by atoms with Crippen LogP contribution >= 0.6 is 0 Å². The van der Waals surface area contributed by atoms with E-state index in [2.05, 4.69) is 20.8 Å². The van der Waals surface area contributed by atoms with Crippen molar-refractivity contribution < 1.29 is 33.3 Å².